The lowest BCUT2D eigenvalue weighted by Crippen LogP contribution is -2.55. The van der Waals surface area contributed by atoms with Gasteiger partial charge in [-0.1, -0.05) is 0 Å². The van der Waals surface area contributed by atoms with Crippen molar-refractivity contribution in [3.63, 3.8) is 0 Å². The van der Waals surface area contributed by atoms with E-state index >= 15 is 0 Å². The Hall–Kier alpha value is -1.98. The smallest absolute Gasteiger partial charge is 0.274 e. The van der Waals surface area contributed by atoms with Gasteiger partial charge in [-0.15, -0.1) is 0 Å². The van der Waals surface area contributed by atoms with Gasteiger partial charge in [-0.2, -0.15) is 0 Å². The standard InChI is InChI=1S/C14H18N4O2/c1-9-6-16-12(7-15-9)14(20)18-5-4-11-10(8-18)2-3-13(19)17-11/h6-7,10-11H,2-5,8H2,1H3,(H,17,19). The average molecular weight is 274 g/mol. The molecule has 0 bridgehead atoms. The molecule has 2 fully saturated rings. The summed E-state index contributed by atoms with van der Waals surface area (Å²) in [5.74, 6) is 0.437. The van der Waals surface area contributed by atoms with Crippen LogP contribution in [-0.4, -0.2) is 45.8 Å². The third kappa shape index (κ3) is 2.50. The lowest BCUT2D eigenvalue weighted by atomic mass is 9.85. The van der Waals surface area contributed by atoms with Crippen LogP contribution < -0.4 is 5.32 Å². The molecular formula is C14H18N4O2. The largest absolute Gasteiger partial charge is 0.353 e. The Morgan fingerprint density at radius 2 is 2.20 bits per heavy atom. The molecular weight excluding hydrogens is 256 g/mol. The zero-order chi connectivity index (χ0) is 14.1. The third-order valence-electron chi connectivity index (χ3n) is 4.11. The fourth-order valence-electron chi connectivity index (χ4n) is 2.96. The van der Waals surface area contributed by atoms with Gasteiger partial charge in [0.05, 0.1) is 11.9 Å². The van der Waals surface area contributed by atoms with Crippen molar-refractivity contribution in [1.82, 2.24) is 20.2 Å². The molecule has 2 unspecified atom stereocenters. The Labute approximate surface area is 117 Å². The topological polar surface area (TPSA) is 75.2 Å². The molecule has 6 heteroatoms. The molecule has 0 radical (unpaired) electrons. The Morgan fingerprint density at radius 1 is 1.35 bits per heavy atom. The van der Waals surface area contributed by atoms with E-state index < -0.39 is 0 Å². The van der Waals surface area contributed by atoms with E-state index in [1.54, 1.807) is 6.20 Å². The predicted octanol–water partition coefficient (Wildman–Crippen LogP) is 0.526. The molecule has 20 heavy (non-hydrogen) atoms. The number of nitrogens with one attached hydrogen (secondary N) is 1. The predicted molar refractivity (Wildman–Crippen MR) is 71.9 cm³/mol. The number of carbonyl (C=O) groups excluding carboxylic acids is 2. The Balaban J connectivity index is 1.68. The van der Waals surface area contributed by atoms with Crippen LogP contribution in [0.15, 0.2) is 12.4 Å². The highest BCUT2D eigenvalue weighted by Gasteiger charge is 2.35. The molecule has 2 amide bonds. The molecule has 1 N–H and O–H groups in total. The molecule has 0 saturated carbocycles. The van der Waals surface area contributed by atoms with E-state index in [1.165, 1.54) is 6.20 Å². The van der Waals surface area contributed by atoms with Gasteiger partial charge in [-0.3, -0.25) is 14.6 Å². The van der Waals surface area contributed by atoms with Crippen LogP contribution in [0.3, 0.4) is 0 Å². The minimum atomic E-state index is -0.0622. The number of likely N-dealkylation sites (tertiary alicyclic amines) is 1. The molecule has 106 valence electrons. The van der Waals surface area contributed by atoms with Gasteiger partial charge in [-0.05, 0) is 25.7 Å². The van der Waals surface area contributed by atoms with Crippen LogP contribution in [0, 0.1) is 12.8 Å². The number of aromatic nitrogens is 2. The normalized spacial score (nSPS) is 25.9. The molecule has 3 rings (SSSR count). The van der Waals surface area contributed by atoms with Gasteiger partial charge < -0.3 is 10.2 Å². The van der Waals surface area contributed by atoms with Gasteiger partial charge in [0.2, 0.25) is 5.91 Å². The number of aryl methyl sites for hydroxylation is 1. The summed E-state index contributed by atoms with van der Waals surface area (Å²) in [4.78, 5) is 33.9. The first kappa shape index (κ1) is 13.0. The van der Waals surface area contributed by atoms with Gasteiger partial charge >= 0.3 is 0 Å². The van der Waals surface area contributed by atoms with Crippen LogP contribution in [0.2, 0.25) is 0 Å². The van der Waals surface area contributed by atoms with Crippen LogP contribution in [-0.2, 0) is 4.79 Å². The van der Waals surface area contributed by atoms with Gasteiger partial charge in [0, 0.05) is 31.7 Å². The van der Waals surface area contributed by atoms with Crippen molar-refractivity contribution >= 4 is 11.8 Å². The molecule has 2 aliphatic heterocycles. The maximum absolute atomic E-state index is 12.4. The molecule has 2 saturated heterocycles. The summed E-state index contributed by atoms with van der Waals surface area (Å²) >= 11 is 0. The number of amides is 2. The number of carbonyl (C=O) groups is 2. The summed E-state index contributed by atoms with van der Waals surface area (Å²) in [5, 5.41) is 3.02. The van der Waals surface area contributed by atoms with E-state index in [0.717, 1.165) is 18.5 Å². The van der Waals surface area contributed by atoms with Crippen molar-refractivity contribution in [3.8, 4) is 0 Å². The van der Waals surface area contributed by atoms with Gasteiger partial charge in [-0.25, -0.2) is 4.98 Å². The maximum Gasteiger partial charge on any atom is 0.274 e. The molecule has 2 atom stereocenters. The fourth-order valence-corrected chi connectivity index (χ4v) is 2.96. The van der Waals surface area contributed by atoms with Gasteiger partial charge in [0.25, 0.3) is 5.91 Å². The van der Waals surface area contributed by atoms with E-state index in [2.05, 4.69) is 15.3 Å². The highest BCUT2D eigenvalue weighted by atomic mass is 16.2. The quantitative estimate of drug-likeness (QED) is 0.810. The van der Waals surface area contributed by atoms with Crippen molar-refractivity contribution in [2.75, 3.05) is 13.1 Å². The van der Waals surface area contributed by atoms with E-state index in [9.17, 15) is 9.59 Å². The molecule has 0 spiro atoms. The summed E-state index contributed by atoms with van der Waals surface area (Å²) in [6.07, 6.45) is 5.39. The highest BCUT2D eigenvalue weighted by molar-refractivity contribution is 5.92. The van der Waals surface area contributed by atoms with Crippen LogP contribution in [0.1, 0.15) is 35.4 Å². The van der Waals surface area contributed by atoms with E-state index in [-0.39, 0.29) is 17.9 Å². The van der Waals surface area contributed by atoms with Gasteiger partial charge in [0.1, 0.15) is 5.69 Å². The molecule has 1 aromatic rings. The second-order valence-corrected chi connectivity index (χ2v) is 5.56. The van der Waals surface area contributed by atoms with Crippen molar-refractivity contribution in [1.29, 1.82) is 0 Å². The first-order valence-electron chi connectivity index (χ1n) is 7.01. The number of hydrogen-bond donors (Lipinski definition) is 1. The Morgan fingerprint density at radius 3 is 2.95 bits per heavy atom. The van der Waals surface area contributed by atoms with Crippen molar-refractivity contribution in [2.45, 2.75) is 32.2 Å². The Kier molecular flexibility index (Phi) is 3.38. The molecule has 6 nitrogen and oxygen atoms in total. The first-order chi connectivity index (χ1) is 9.63. The second kappa shape index (κ2) is 5.19. The summed E-state index contributed by atoms with van der Waals surface area (Å²) in [6, 6.07) is 0.226. The SMILES string of the molecule is Cc1cnc(C(=O)N2CCC3NC(=O)CCC3C2)cn1. The Bertz CT molecular complexity index is 528. The van der Waals surface area contributed by atoms with Crippen molar-refractivity contribution in [2.24, 2.45) is 5.92 Å². The summed E-state index contributed by atoms with van der Waals surface area (Å²) in [6.45, 7) is 3.20. The zero-order valence-corrected chi connectivity index (χ0v) is 11.5. The average Bonchev–Trinajstić information content (AvgIpc) is 2.47. The molecule has 3 heterocycles. The van der Waals surface area contributed by atoms with Crippen LogP contribution >= 0.6 is 0 Å². The molecule has 0 aliphatic carbocycles. The van der Waals surface area contributed by atoms with Crippen LogP contribution in [0.25, 0.3) is 0 Å². The molecule has 2 aliphatic rings. The second-order valence-electron chi connectivity index (χ2n) is 5.56. The highest BCUT2D eigenvalue weighted by Crippen LogP contribution is 2.25. The minimum Gasteiger partial charge on any atom is -0.353 e. The van der Waals surface area contributed by atoms with Crippen molar-refractivity contribution in [3.05, 3.63) is 23.8 Å². The van der Waals surface area contributed by atoms with Gasteiger partial charge in [0.15, 0.2) is 0 Å². The van der Waals surface area contributed by atoms with Crippen LogP contribution in [0.4, 0.5) is 0 Å². The molecule has 0 aromatic carbocycles. The monoisotopic (exact) mass is 274 g/mol. The van der Waals surface area contributed by atoms with E-state index in [1.807, 2.05) is 11.8 Å². The van der Waals surface area contributed by atoms with Crippen LogP contribution in [0.5, 0.6) is 0 Å². The van der Waals surface area contributed by atoms with Crippen molar-refractivity contribution < 1.29 is 9.59 Å². The number of fused-ring (bicyclic) bond motifs is 1. The number of rotatable bonds is 1. The third-order valence-corrected chi connectivity index (χ3v) is 4.11. The summed E-state index contributed by atoms with van der Waals surface area (Å²) in [5.41, 5.74) is 1.20. The minimum absolute atomic E-state index is 0.0622. The lowest BCUT2D eigenvalue weighted by molar-refractivity contribution is -0.125. The zero-order valence-electron chi connectivity index (χ0n) is 11.5. The summed E-state index contributed by atoms with van der Waals surface area (Å²) < 4.78 is 0. The number of hydrogen-bond acceptors (Lipinski definition) is 4. The number of piperidine rings is 2. The summed E-state index contributed by atoms with van der Waals surface area (Å²) in [7, 11) is 0. The van der Waals surface area contributed by atoms with E-state index in [4.69, 9.17) is 0 Å². The molecule has 1 aromatic heterocycles. The fraction of sp³-hybridized carbons (Fsp3) is 0.571. The number of nitrogens with zero attached hydrogens (tertiary/aromatic N) is 3. The van der Waals surface area contributed by atoms with E-state index in [0.29, 0.717) is 31.1 Å². The maximum atomic E-state index is 12.4. The first-order valence-corrected chi connectivity index (χ1v) is 7.01. The lowest BCUT2D eigenvalue weighted by Gasteiger charge is -2.41.